The molecule has 6 aromatic carbocycles. The van der Waals surface area contributed by atoms with E-state index in [2.05, 4.69) is 141 Å². The molecule has 180 valence electrons. The van der Waals surface area contributed by atoms with E-state index in [1.807, 2.05) is 18.2 Å². The average molecular weight is 485 g/mol. The Morgan fingerprint density at radius 2 is 1.03 bits per heavy atom. The van der Waals surface area contributed by atoms with E-state index in [0.29, 0.717) is 0 Å². The van der Waals surface area contributed by atoms with Crippen molar-refractivity contribution in [3.8, 4) is 33.4 Å². The van der Waals surface area contributed by atoms with E-state index in [-0.39, 0.29) is 0 Å². The Morgan fingerprint density at radius 3 is 1.68 bits per heavy atom. The topological polar surface area (TPSA) is 0 Å². The van der Waals surface area contributed by atoms with Crippen LogP contribution in [-0.4, -0.2) is 0 Å². The van der Waals surface area contributed by atoms with Crippen molar-refractivity contribution in [1.82, 2.24) is 0 Å². The predicted octanol–water partition coefficient (Wildman–Crippen LogP) is 10.7. The van der Waals surface area contributed by atoms with Gasteiger partial charge in [0.25, 0.3) is 0 Å². The van der Waals surface area contributed by atoms with Crippen LogP contribution in [-0.2, 0) is 0 Å². The summed E-state index contributed by atoms with van der Waals surface area (Å²) in [6.07, 6.45) is 5.74. The second kappa shape index (κ2) is 10.2. The molecule has 0 spiro atoms. The molecule has 0 saturated carbocycles. The van der Waals surface area contributed by atoms with Crippen molar-refractivity contribution in [2.24, 2.45) is 0 Å². The van der Waals surface area contributed by atoms with E-state index in [4.69, 9.17) is 0 Å². The molecule has 0 aliphatic rings. The number of hydrogen-bond acceptors (Lipinski definition) is 0. The monoisotopic (exact) mass is 484 g/mol. The van der Waals surface area contributed by atoms with E-state index in [1.54, 1.807) is 0 Å². The Balaban J connectivity index is 1.81. The van der Waals surface area contributed by atoms with Gasteiger partial charge in [0.15, 0.2) is 0 Å². The highest BCUT2D eigenvalue weighted by molar-refractivity contribution is 6.22. The molecule has 6 rings (SSSR count). The van der Waals surface area contributed by atoms with Gasteiger partial charge in [0.1, 0.15) is 0 Å². The molecule has 0 N–H and O–H groups in total. The zero-order valence-corrected chi connectivity index (χ0v) is 21.3. The van der Waals surface area contributed by atoms with Crippen LogP contribution in [0.4, 0.5) is 0 Å². The van der Waals surface area contributed by atoms with Crippen molar-refractivity contribution in [1.29, 1.82) is 0 Å². The van der Waals surface area contributed by atoms with Gasteiger partial charge in [0.2, 0.25) is 0 Å². The third-order valence-electron chi connectivity index (χ3n) is 7.22. The highest BCUT2D eigenvalue weighted by atomic mass is 14.2. The summed E-state index contributed by atoms with van der Waals surface area (Å²) in [5, 5.41) is 4.95. The molecule has 0 aromatic heterocycles. The number of rotatable bonds is 6. The molecule has 0 nitrogen and oxygen atoms in total. The van der Waals surface area contributed by atoms with Crippen LogP contribution in [0.15, 0.2) is 159 Å². The summed E-state index contributed by atoms with van der Waals surface area (Å²) in [5.41, 5.74) is 9.57. The van der Waals surface area contributed by atoms with Crippen molar-refractivity contribution < 1.29 is 0 Å². The van der Waals surface area contributed by atoms with Crippen LogP contribution in [0.5, 0.6) is 0 Å². The molecule has 0 radical (unpaired) electrons. The Morgan fingerprint density at radius 1 is 0.474 bits per heavy atom. The van der Waals surface area contributed by atoms with Crippen LogP contribution in [0, 0.1) is 0 Å². The number of fused-ring (bicyclic) bond motifs is 2. The summed E-state index contributed by atoms with van der Waals surface area (Å²) in [5.74, 6) is 0. The fourth-order valence-corrected chi connectivity index (χ4v) is 5.54. The smallest absolute Gasteiger partial charge is 0.00199 e. The molecular formula is C38H28. The van der Waals surface area contributed by atoms with Crippen LogP contribution in [0.1, 0.15) is 5.56 Å². The molecule has 0 heteroatoms. The number of benzene rings is 6. The lowest BCUT2D eigenvalue weighted by Gasteiger charge is -2.20. The first-order chi connectivity index (χ1) is 18.8. The lowest BCUT2D eigenvalue weighted by molar-refractivity contribution is 1.60. The molecule has 0 heterocycles. The van der Waals surface area contributed by atoms with Gasteiger partial charge in [0, 0.05) is 0 Å². The number of allylic oxidation sites excluding steroid dienone is 4. The first-order valence-corrected chi connectivity index (χ1v) is 12.9. The standard InChI is InChI=1S/C38H28/c1-3-15-27(4-2)30-24-25-35-36(26-30)38(32-21-12-11-20-31(32)28-16-7-5-8-17-28)34-23-14-13-22-33(34)37(35)29-18-9-6-10-19-29/h3-26H,1-2H2/b27-15+. The van der Waals surface area contributed by atoms with Crippen LogP contribution in [0.2, 0.25) is 0 Å². The van der Waals surface area contributed by atoms with Gasteiger partial charge < -0.3 is 0 Å². The number of hydrogen-bond donors (Lipinski definition) is 0. The fraction of sp³-hybridized carbons (Fsp3) is 0. The minimum atomic E-state index is 1.05. The minimum absolute atomic E-state index is 1.05. The van der Waals surface area contributed by atoms with E-state index < -0.39 is 0 Å². The predicted molar refractivity (Wildman–Crippen MR) is 166 cm³/mol. The third-order valence-corrected chi connectivity index (χ3v) is 7.22. The maximum absolute atomic E-state index is 4.07. The fourth-order valence-electron chi connectivity index (χ4n) is 5.54. The van der Waals surface area contributed by atoms with Gasteiger partial charge >= 0.3 is 0 Å². The van der Waals surface area contributed by atoms with Gasteiger partial charge in [-0.2, -0.15) is 0 Å². The normalized spacial score (nSPS) is 11.5. The second-order valence-electron chi connectivity index (χ2n) is 9.40. The Bertz CT molecular complexity index is 1820. The molecule has 38 heavy (non-hydrogen) atoms. The van der Waals surface area contributed by atoms with Gasteiger partial charge in [-0.15, -0.1) is 0 Å². The Hall–Kier alpha value is -4.94. The maximum Gasteiger partial charge on any atom is -0.00199 e. The van der Waals surface area contributed by atoms with Gasteiger partial charge in [-0.3, -0.25) is 0 Å². The zero-order chi connectivity index (χ0) is 25.9. The summed E-state index contributed by atoms with van der Waals surface area (Å²) >= 11 is 0. The van der Waals surface area contributed by atoms with E-state index in [1.165, 1.54) is 54.9 Å². The highest BCUT2D eigenvalue weighted by Crippen LogP contribution is 2.46. The first-order valence-electron chi connectivity index (χ1n) is 12.9. The van der Waals surface area contributed by atoms with Crippen LogP contribution >= 0.6 is 0 Å². The zero-order valence-electron chi connectivity index (χ0n) is 21.3. The minimum Gasteiger partial charge on any atom is -0.0990 e. The molecule has 6 aromatic rings. The lowest BCUT2D eigenvalue weighted by Crippen LogP contribution is -1.94. The van der Waals surface area contributed by atoms with Crippen molar-refractivity contribution in [3.05, 3.63) is 164 Å². The summed E-state index contributed by atoms with van der Waals surface area (Å²) in [6.45, 7) is 7.99. The van der Waals surface area contributed by atoms with Gasteiger partial charge in [-0.05, 0) is 72.1 Å². The molecule has 0 bridgehead atoms. The summed E-state index contributed by atoms with van der Waals surface area (Å²) in [6, 6.07) is 45.8. The molecule has 0 amide bonds. The van der Waals surface area contributed by atoms with Gasteiger partial charge in [0.05, 0.1) is 0 Å². The molecule has 0 aliphatic heterocycles. The maximum atomic E-state index is 4.07. The second-order valence-corrected chi connectivity index (χ2v) is 9.40. The molecule has 0 fully saturated rings. The molecule has 0 atom stereocenters. The van der Waals surface area contributed by atoms with E-state index in [0.717, 1.165) is 11.1 Å². The Labute approximate surface area is 224 Å². The molecular weight excluding hydrogens is 456 g/mol. The van der Waals surface area contributed by atoms with Crippen molar-refractivity contribution >= 4 is 27.1 Å². The lowest BCUT2D eigenvalue weighted by atomic mass is 9.83. The molecule has 0 unspecified atom stereocenters. The molecule has 0 aliphatic carbocycles. The SMILES string of the molecule is C=C/C=C(\C=C)c1ccc2c(-c3ccccc3)c3ccccc3c(-c3ccccc3-c3ccccc3)c2c1. The van der Waals surface area contributed by atoms with Crippen LogP contribution < -0.4 is 0 Å². The Kier molecular flexibility index (Phi) is 6.30. The van der Waals surface area contributed by atoms with Crippen molar-refractivity contribution in [2.75, 3.05) is 0 Å². The first kappa shape index (κ1) is 23.5. The van der Waals surface area contributed by atoms with E-state index >= 15 is 0 Å². The summed E-state index contributed by atoms with van der Waals surface area (Å²) in [4.78, 5) is 0. The summed E-state index contributed by atoms with van der Waals surface area (Å²) < 4.78 is 0. The highest BCUT2D eigenvalue weighted by Gasteiger charge is 2.19. The van der Waals surface area contributed by atoms with Gasteiger partial charge in [-0.1, -0.05) is 153 Å². The van der Waals surface area contributed by atoms with Gasteiger partial charge in [-0.25, -0.2) is 0 Å². The van der Waals surface area contributed by atoms with Crippen LogP contribution in [0.25, 0.3) is 60.5 Å². The van der Waals surface area contributed by atoms with Crippen LogP contribution in [0.3, 0.4) is 0 Å². The molecule has 0 saturated heterocycles. The quantitative estimate of drug-likeness (QED) is 0.163. The van der Waals surface area contributed by atoms with E-state index in [9.17, 15) is 0 Å². The van der Waals surface area contributed by atoms with Crippen molar-refractivity contribution in [2.45, 2.75) is 0 Å². The average Bonchev–Trinajstić information content (AvgIpc) is 2.99. The summed E-state index contributed by atoms with van der Waals surface area (Å²) in [7, 11) is 0. The third kappa shape index (κ3) is 4.07. The van der Waals surface area contributed by atoms with Crippen molar-refractivity contribution in [3.63, 3.8) is 0 Å². The largest absolute Gasteiger partial charge is 0.0990 e.